The molecule has 0 spiro atoms. The van der Waals surface area contributed by atoms with Gasteiger partial charge >= 0.3 is 0 Å². The molecule has 1 rings (SSSR count). The SMILES string of the molecule is CCOCCCCNC(=O)C(Cl)c1ccc(OC)cc1. The highest BCUT2D eigenvalue weighted by atomic mass is 35.5. The third-order valence-electron chi connectivity index (χ3n) is 2.86. The monoisotopic (exact) mass is 299 g/mol. The Morgan fingerprint density at radius 1 is 1.30 bits per heavy atom. The number of alkyl halides is 1. The number of hydrogen-bond donors (Lipinski definition) is 1. The van der Waals surface area contributed by atoms with Crippen LogP contribution >= 0.6 is 11.6 Å². The van der Waals surface area contributed by atoms with Crippen molar-refractivity contribution >= 4 is 17.5 Å². The number of carbonyl (C=O) groups is 1. The molecule has 1 N–H and O–H groups in total. The summed E-state index contributed by atoms with van der Waals surface area (Å²) in [6, 6.07) is 7.18. The molecule has 0 aliphatic heterocycles. The average molecular weight is 300 g/mol. The van der Waals surface area contributed by atoms with Crippen molar-refractivity contribution in [1.82, 2.24) is 5.32 Å². The molecule has 5 heteroatoms. The van der Waals surface area contributed by atoms with Crippen molar-refractivity contribution in [2.45, 2.75) is 25.1 Å². The summed E-state index contributed by atoms with van der Waals surface area (Å²) in [5.74, 6) is 0.571. The number of nitrogens with one attached hydrogen (secondary N) is 1. The lowest BCUT2D eigenvalue weighted by atomic mass is 10.1. The van der Waals surface area contributed by atoms with E-state index in [1.54, 1.807) is 31.4 Å². The van der Waals surface area contributed by atoms with Crippen molar-refractivity contribution in [3.05, 3.63) is 29.8 Å². The fourth-order valence-electron chi connectivity index (χ4n) is 1.70. The van der Waals surface area contributed by atoms with Crippen molar-refractivity contribution in [2.75, 3.05) is 26.9 Å². The minimum Gasteiger partial charge on any atom is -0.497 e. The Bertz CT molecular complexity index is 395. The second kappa shape index (κ2) is 9.61. The van der Waals surface area contributed by atoms with Crippen LogP contribution in [0.15, 0.2) is 24.3 Å². The van der Waals surface area contributed by atoms with Gasteiger partial charge in [0.05, 0.1) is 7.11 Å². The highest BCUT2D eigenvalue weighted by molar-refractivity contribution is 6.30. The molecule has 0 bridgehead atoms. The Kier molecular flexibility index (Phi) is 8.07. The zero-order chi connectivity index (χ0) is 14.8. The highest BCUT2D eigenvalue weighted by Crippen LogP contribution is 2.22. The zero-order valence-electron chi connectivity index (χ0n) is 12.0. The van der Waals surface area contributed by atoms with Gasteiger partial charge in [0.2, 0.25) is 5.91 Å². The van der Waals surface area contributed by atoms with E-state index < -0.39 is 5.38 Å². The van der Waals surface area contributed by atoms with E-state index in [4.69, 9.17) is 21.1 Å². The number of halogens is 1. The van der Waals surface area contributed by atoms with Gasteiger partial charge in [-0.1, -0.05) is 12.1 Å². The van der Waals surface area contributed by atoms with Crippen LogP contribution in [0, 0.1) is 0 Å². The molecule has 1 aromatic rings. The summed E-state index contributed by atoms with van der Waals surface area (Å²) in [7, 11) is 1.60. The molecule has 4 nitrogen and oxygen atoms in total. The van der Waals surface area contributed by atoms with Gasteiger partial charge in [-0.15, -0.1) is 11.6 Å². The van der Waals surface area contributed by atoms with Crippen molar-refractivity contribution in [3.63, 3.8) is 0 Å². The molecular weight excluding hydrogens is 278 g/mol. The summed E-state index contributed by atoms with van der Waals surface area (Å²) in [4.78, 5) is 11.9. The largest absolute Gasteiger partial charge is 0.497 e. The zero-order valence-corrected chi connectivity index (χ0v) is 12.8. The highest BCUT2D eigenvalue weighted by Gasteiger charge is 2.16. The van der Waals surface area contributed by atoms with Gasteiger partial charge in [0.1, 0.15) is 11.1 Å². The van der Waals surface area contributed by atoms with Crippen molar-refractivity contribution in [2.24, 2.45) is 0 Å². The third kappa shape index (κ3) is 5.80. The molecule has 1 aromatic carbocycles. The number of carbonyl (C=O) groups excluding carboxylic acids is 1. The molecule has 1 unspecified atom stereocenters. The van der Waals surface area contributed by atoms with Gasteiger partial charge in [-0.2, -0.15) is 0 Å². The number of rotatable bonds is 9. The lowest BCUT2D eigenvalue weighted by Gasteiger charge is -2.11. The Morgan fingerprint density at radius 3 is 2.60 bits per heavy atom. The number of ether oxygens (including phenoxy) is 2. The molecule has 0 aromatic heterocycles. The fraction of sp³-hybridized carbons (Fsp3) is 0.533. The Balaban J connectivity index is 2.31. The second-order valence-corrected chi connectivity index (χ2v) is 4.77. The summed E-state index contributed by atoms with van der Waals surface area (Å²) in [5.41, 5.74) is 0.763. The molecule has 0 aliphatic rings. The number of methoxy groups -OCH3 is 1. The summed E-state index contributed by atoms with van der Waals surface area (Å²) in [6.07, 6.45) is 1.82. The third-order valence-corrected chi connectivity index (χ3v) is 3.31. The van der Waals surface area contributed by atoms with E-state index in [2.05, 4.69) is 5.32 Å². The number of benzene rings is 1. The molecule has 0 saturated heterocycles. The van der Waals surface area contributed by atoms with Crippen LogP contribution in [0.5, 0.6) is 5.75 Å². The quantitative estimate of drug-likeness (QED) is 0.563. The smallest absolute Gasteiger partial charge is 0.242 e. The normalized spacial score (nSPS) is 11.9. The van der Waals surface area contributed by atoms with E-state index in [0.717, 1.165) is 37.4 Å². The molecule has 1 amide bonds. The van der Waals surface area contributed by atoms with Crippen molar-refractivity contribution < 1.29 is 14.3 Å². The van der Waals surface area contributed by atoms with Gasteiger partial charge in [0, 0.05) is 19.8 Å². The topological polar surface area (TPSA) is 47.6 Å². The first kappa shape index (κ1) is 16.8. The van der Waals surface area contributed by atoms with Crippen molar-refractivity contribution in [1.29, 1.82) is 0 Å². The second-order valence-electron chi connectivity index (χ2n) is 4.33. The van der Waals surface area contributed by atoms with Crippen LogP contribution in [-0.2, 0) is 9.53 Å². The molecule has 0 saturated carbocycles. The number of hydrogen-bond acceptors (Lipinski definition) is 3. The van der Waals surface area contributed by atoms with Crippen LogP contribution in [0.25, 0.3) is 0 Å². The van der Waals surface area contributed by atoms with Gasteiger partial charge in [0.15, 0.2) is 0 Å². The summed E-state index contributed by atoms with van der Waals surface area (Å²) in [5, 5.41) is 2.16. The lowest BCUT2D eigenvalue weighted by Crippen LogP contribution is -2.28. The molecule has 0 fully saturated rings. The molecule has 0 radical (unpaired) electrons. The predicted molar refractivity (Wildman–Crippen MR) is 80.3 cm³/mol. The predicted octanol–water partition coefficient (Wildman–Crippen LogP) is 2.91. The molecule has 20 heavy (non-hydrogen) atoms. The first-order valence-corrected chi connectivity index (χ1v) is 7.26. The Hall–Kier alpha value is -1.26. The minimum atomic E-state index is -0.673. The summed E-state index contributed by atoms with van der Waals surface area (Å²) < 4.78 is 10.3. The maximum atomic E-state index is 11.9. The first-order chi connectivity index (χ1) is 9.69. The fourth-order valence-corrected chi connectivity index (χ4v) is 1.92. The average Bonchev–Trinajstić information content (AvgIpc) is 2.50. The number of unbranched alkanes of at least 4 members (excludes halogenated alkanes) is 1. The van der Waals surface area contributed by atoms with Crippen LogP contribution in [0.1, 0.15) is 30.7 Å². The maximum Gasteiger partial charge on any atom is 0.242 e. The molecular formula is C15H22ClNO3. The van der Waals surface area contributed by atoms with E-state index in [1.807, 2.05) is 6.92 Å². The van der Waals surface area contributed by atoms with Crippen LogP contribution in [-0.4, -0.2) is 32.8 Å². The van der Waals surface area contributed by atoms with Gasteiger partial charge in [-0.3, -0.25) is 4.79 Å². The first-order valence-electron chi connectivity index (χ1n) is 6.82. The Morgan fingerprint density at radius 2 is 2.00 bits per heavy atom. The molecule has 0 heterocycles. The Labute approximate surface area is 125 Å². The van der Waals surface area contributed by atoms with Crippen molar-refractivity contribution in [3.8, 4) is 5.75 Å². The minimum absolute atomic E-state index is 0.173. The standard InChI is InChI=1S/C15H22ClNO3/c1-3-20-11-5-4-10-17-15(18)14(16)12-6-8-13(19-2)9-7-12/h6-9,14H,3-5,10-11H2,1-2H3,(H,17,18). The van der Waals surface area contributed by atoms with Gasteiger partial charge in [-0.05, 0) is 37.5 Å². The van der Waals surface area contributed by atoms with Crippen LogP contribution in [0.2, 0.25) is 0 Å². The van der Waals surface area contributed by atoms with Crippen LogP contribution in [0.4, 0.5) is 0 Å². The summed E-state index contributed by atoms with van der Waals surface area (Å²) >= 11 is 6.14. The van der Waals surface area contributed by atoms with E-state index >= 15 is 0 Å². The van der Waals surface area contributed by atoms with E-state index in [-0.39, 0.29) is 5.91 Å². The van der Waals surface area contributed by atoms with Crippen LogP contribution in [0.3, 0.4) is 0 Å². The maximum absolute atomic E-state index is 11.9. The molecule has 0 aliphatic carbocycles. The lowest BCUT2D eigenvalue weighted by molar-refractivity contribution is -0.120. The van der Waals surface area contributed by atoms with E-state index in [0.29, 0.717) is 6.54 Å². The van der Waals surface area contributed by atoms with Gasteiger partial charge in [-0.25, -0.2) is 0 Å². The van der Waals surface area contributed by atoms with E-state index in [9.17, 15) is 4.79 Å². The van der Waals surface area contributed by atoms with E-state index in [1.165, 1.54) is 0 Å². The van der Waals surface area contributed by atoms with Gasteiger partial charge in [0.25, 0.3) is 0 Å². The van der Waals surface area contributed by atoms with Gasteiger partial charge < -0.3 is 14.8 Å². The van der Waals surface area contributed by atoms with Crippen LogP contribution < -0.4 is 10.1 Å². The summed E-state index contributed by atoms with van der Waals surface area (Å²) in [6.45, 7) is 4.04. The number of amides is 1. The molecule has 1 atom stereocenters. The molecule has 112 valence electrons.